The van der Waals surface area contributed by atoms with E-state index in [9.17, 15) is 4.39 Å². The van der Waals surface area contributed by atoms with Crippen LogP contribution in [0.3, 0.4) is 0 Å². The van der Waals surface area contributed by atoms with Gasteiger partial charge in [-0.25, -0.2) is 4.39 Å². The van der Waals surface area contributed by atoms with E-state index >= 15 is 0 Å². The Balaban J connectivity index is 2.13. The zero-order chi connectivity index (χ0) is 17.8. The first kappa shape index (κ1) is 21.3. The molecule has 0 saturated heterocycles. The molecule has 0 aliphatic carbocycles. The van der Waals surface area contributed by atoms with Crippen molar-refractivity contribution in [3.05, 3.63) is 28.5 Å². The molecule has 1 aromatic rings. The highest BCUT2D eigenvalue weighted by Gasteiger charge is 2.06. The van der Waals surface area contributed by atoms with Gasteiger partial charge in [0, 0.05) is 24.2 Å². The normalized spacial score (nSPS) is 12.0. The highest BCUT2D eigenvalue weighted by atomic mass is 79.9. The molecule has 136 valence electrons. The van der Waals surface area contributed by atoms with Crippen LogP contribution in [-0.2, 0) is 4.74 Å². The average Bonchev–Trinajstić information content (AvgIpc) is 2.56. The van der Waals surface area contributed by atoms with Crippen LogP contribution in [0.15, 0.2) is 22.7 Å². The molecule has 0 fully saturated rings. The van der Waals surface area contributed by atoms with Crippen LogP contribution in [0.5, 0.6) is 0 Å². The van der Waals surface area contributed by atoms with Gasteiger partial charge in [0.25, 0.3) is 0 Å². The Labute approximate surface area is 158 Å². The van der Waals surface area contributed by atoms with Crippen molar-refractivity contribution in [3.8, 4) is 0 Å². The van der Waals surface area contributed by atoms with Crippen molar-refractivity contribution >= 4 is 38.9 Å². The third kappa shape index (κ3) is 8.94. The number of anilines is 1. The molecule has 2 N–H and O–H groups in total. The molecule has 0 amide bonds. The van der Waals surface area contributed by atoms with Crippen molar-refractivity contribution in [2.24, 2.45) is 5.92 Å². The van der Waals surface area contributed by atoms with Crippen molar-refractivity contribution in [1.82, 2.24) is 5.32 Å². The number of hydrogen-bond acceptors (Lipinski definition) is 2. The van der Waals surface area contributed by atoms with Gasteiger partial charge in [0.05, 0.1) is 5.69 Å². The van der Waals surface area contributed by atoms with Gasteiger partial charge in [-0.2, -0.15) is 0 Å². The first-order valence-electron chi connectivity index (χ1n) is 8.64. The van der Waals surface area contributed by atoms with Crippen molar-refractivity contribution in [2.45, 2.75) is 46.0 Å². The minimum atomic E-state index is -0.284. The summed E-state index contributed by atoms with van der Waals surface area (Å²) in [6.07, 6.45) is 5.86. The van der Waals surface area contributed by atoms with E-state index in [1.807, 2.05) is 0 Å². The van der Waals surface area contributed by atoms with Crippen LogP contribution in [0.25, 0.3) is 0 Å². The molecule has 24 heavy (non-hydrogen) atoms. The summed E-state index contributed by atoms with van der Waals surface area (Å²) < 4.78 is 19.4. The maximum atomic E-state index is 13.0. The summed E-state index contributed by atoms with van der Waals surface area (Å²) in [4.78, 5) is 0. The number of hydrogen-bond donors (Lipinski definition) is 2. The molecule has 0 bridgehead atoms. The second kappa shape index (κ2) is 12.6. The van der Waals surface area contributed by atoms with Crippen LogP contribution in [0.1, 0.15) is 46.0 Å². The zero-order valence-electron chi connectivity index (χ0n) is 14.5. The Morgan fingerprint density at radius 2 is 2.12 bits per heavy atom. The van der Waals surface area contributed by atoms with Gasteiger partial charge in [-0.05, 0) is 65.1 Å². The van der Waals surface area contributed by atoms with E-state index in [0.29, 0.717) is 15.5 Å². The predicted octanol–water partition coefficient (Wildman–Crippen LogP) is 5.50. The lowest BCUT2D eigenvalue weighted by Crippen LogP contribution is -2.30. The van der Waals surface area contributed by atoms with Crippen LogP contribution in [-0.4, -0.2) is 24.9 Å². The van der Waals surface area contributed by atoms with Gasteiger partial charge < -0.3 is 15.4 Å². The lowest BCUT2D eigenvalue weighted by Gasteiger charge is -2.15. The number of nitrogens with one attached hydrogen (secondary N) is 2. The fraction of sp³-hybridized carbons (Fsp3) is 0.611. The summed E-state index contributed by atoms with van der Waals surface area (Å²) in [5.74, 6) is 0.393. The van der Waals surface area contributed by atoms with E-state index in [-0.39, 0.29) is 5.82 Å². The van der Waals surface area contributed by atoms with E-state index in [1.165, 1.54) is 37.8 Å². The van der Waals surface area contributed by atoms with Gasteiger partial charge in [0.1, 0.15) is 5.82 Å². The summed E-state index contributed by atoms with van der Waals surface area (Å²) in [7, 11) is 0. The van der Waals surface area contributed by atoms with Crippen molar-refractivity contribution in [3.63, 3.8) is 0 Å². The maximum Gasteiger partial charge on any atom is 0.170 e. The van der Waals surface area contributed by atoms with Gasteiger partial charge >= 0.3 is 0 Å². The molecule has 3 nitrogen and oxygen atoms in total. The van der Waals surface area contributed by atoms with Gasteiger partial charge in [0.2, 0.25) is 0 Å². The Bertz CT molecular complexity index is 502. The standard InChI is InChI=1S/C18H28BrFN2OS/c1-3-5-7-14(4-2)13-23-11-6-10-21-18(24)22-17-9-8-15(20)12-16(17)19/h8-9,12,14H,3-7,10-11,13H2,1-2H3,(H2,21,22,24). The maximum absolute atomic E-state index is 13.0. The molecule has 6 heteroatoms. The smallest absolute Gasteiger partial charge is 0.170 e. The number of rotatable bonds is 11. The quantitative estimate of drug-likeness (QED) is 0.367. The Hall–Kier alpha value is -0.720. The second-order valence-electron chi connectivity index (χ2n) is 5.85. The summed E-state index contributed by atoms with van der Waals surface area (Å²) in [5, 5.41) is 6.70. The summed E-state index contributed by atoms with van der Waals surface area (Å²) >= 11 is 8.54. The van der Waals surface area contributed by atoms with Crippen LogP contribution >= 0.6 is 28.1 Å². The number of thiocarbonyl (C=S) groups is 1. The molecule has 1 aromatic carbocycles. The SMILES string of the molecule is CCCCC(CC)COCCCNC(=S)Nc1ccc(F)cc1Br. The molecule has 0 spiro atoms. The predicted molar refractivity (Wildman–Crippen MR) is 107 cm³/mol. The molecule has 0 heterocycles. The van der Waals surface area contributed by atoms with E-state index in [2.05, 4.69) is 40.4 Å². The monoisotopic (exact) mass is 418 g/mol. The Morgan fingerprint density at radius 1 is 1.33 bits per heavy atom. The molecule has 1 rings (SSSR count). The van der Waals surface area contributed by atoms with Gasteiger partial charge in [-0.3, -0.25) is 0 Å². The summed E-state index contributed by atoms with van der Waals surface area (Å²) in [6.45, 7) is 6.78. The van der Waals surface area contributed by atoms with Crippen LogP contribution < -0.4 is 10.6 Å². The van der Waals surface area contributed by atoms with E-state index in [4.69, 9.17) is 17.0 Å². The zero-order valence-corrected chi connectivity index (χ0v) is 16.9. The third-order valence-corrected chi connectivity index (χ3v) is 4.73. The van der Waals surface area contributed by atoms with Gasteiger partial charge in [0.15, 0.2) is 5.11 Å². The molecule has 0 aliphatic heterocycles. The third-order valence-electron chi connectivity index (χ3n) is 3.83. The first-order chi connectivity index (χ1) is 11.6. The largest absolute Gasteiger partial charge is 0.381 e. The minimum Gasteiger partial charge on any atom is -0.381 e. The minimum absolute atomic E-state index is 0.284. The molecule has 1 unspecified atom stereocenters. The van der Waals surface area contributed by atoms with Crippen LogP contribution in [0.4, 0.5) is 10.1 Å². The summed E-state index contributed by atoms with van der Waals surface area (Å²) in [5.41, 5.74) is 0.742. The molecule has 0 saturated carbocycles. The number of unbranched alkanes of at least 4 members (excludes halogenated alkanes) is 1. The summed E-state index contributed by atoms with van der Waals surface area (Å²) in [6, 6.07) is 4.45. The highest BCUT2D eigenvalue weighted by Crippen LogP contribution is 2.22. The topological polar surface area (TPSA) is 33.3 Å². The van der Waals surface area contributed by atoms with Crippen molar-refractivity contribution in [2.75, 3.05) is 25.1 Å². The molecular formula is C18H28BrFN2OS. The molecule has 1 atom stereocenters. The highest BCUT2D eigenvalue weighted by molar-refractivity contribution is 9.10. The number of ether oxygens (including phenoxy) is 1. The Kier molecular flexibility index (Phi) is 11.2. The molecule has 0 radical (unpaired) electrons. The number of halogens is 2. The second-order valence-corrected chi connectivity index (χ2v) is 7.11. The van der Waals surface area contributed by atoms with E-state index in [1.54, 1.807) is 6.07 Å². The number of benzene rings is 1. The van der Waals surface area contributed by atoms with E-state index in [0.717, 1.165) is 31.9 Å². The van der Waals surface area contributed by atoms with Crippen molar-refractivity contribution < 1.29 is 9.13 Å². The molecule has 0 aromatic heterocycles. The fourth-order valence-corrected chi connectivity index (χ4v) is 2.94. The lowest BCUT2D eigenvalue weighted by atomic mass is 10.0. The molecule has 0 aliphatic rings. The lowest BCUT2D eigenvalue weighted by molar-refractivity contribution is 0.0928. The average molecular weight is 419 g/mol. The van der Waals surface area contributed by atoms with E-state index < -0.39 is 0 Å². The fourth-order valence-electron chi connectivity index (χ4n) is 2.28. The van der Waals surface area contributed by atoms with Crippen molar-refractivity contribution in [1.29, 1.82) is 0 Å². The van der Waals surface area contributed by atoms with Gasteiger partial charge in [-0.15, -0.1) is 0 Å². The van der Waals surface area contributed by atoms with Crippen LogP contribution in [0.2, 0.25) is 0 Å². The Morgan fingerprint density at radius 3 is 2.79 bits per heavy atom. The molecular weight excluding hydrogens is 391 g/mol. The van der Waals surface area contributed by atoms with Gasteiger partial charge in [-0.1, -0.05) is 33.1 Å². The van der Waals surface area contributed by atoms with Crippen LogP contribution in [0, 0.1) is 11.7 Å². The first-order valence-corrected chi connectivity index (χ1v) is 9.84.